The second-order valence-electron chi connectivity index (χ2n) is 13.0. The van der Waals surface area contributed by atoms with Gasteiger partial charge in [-0.15, -0.1) is 13.2 Å². The number of nitrogens with zero attached hydrogens (tertiary/aromatic N) is 3. The molecule has 16 heteroatoms. The van der Waals surface area contributed by atoms with Gasteiger partial charge >= 0.3 is 24.6 Å². The number of benzene rings is 2. The Kier molecular flexibility index (Phi) is 10.5. The highest BCUT2D eigenvalue weighted by atomic mass is 19.4. The fourth-order valence-electron chi connectivity index (χ4n) is 6.03. The predicted molar refractivity (Wildman–Crippen MR) is 168 cm³/mol. The minimum absolute atomic E-state index is 0.0633. The summed E-state index contributed by atoms with van der Waals surface area (Å²) >= 11 is 0. The smallest absolute Gasteiger partial charge is 0.406 e. The monoisotopic (exact) mass is 710 g/mol. The SMILES string of the molecule is CC(C)(C)N(CC[C@H]1CNC(=O)c2cc(-c3cccc(OC(F)(F)F)c3)c(-c3ccc(CN4CCOCC4)cc3)n21)C(=O)OC(=O)C(F)(F)F. The number of halogens is 6. The van der Waals surface area contributed by atoms with Crippen molar-refractivity contribution < 1.29 is 54.9 Å². The molecule has 3 aromatic rings. The number of carbonyl (C=O) groups is 3. The minimum atomic E-state index is -5.38. The Morgan fingerprint density at radius 2 is 1.64 bits per heavy atom. The zero-order valence-electron chi connectivity index (χ0n) is 27.5. The highest BCUT2D eigenvalue weighted by Crippen LogP contribution is 2.41. The molecule has 1 N–H and O–H groups in total. The van der Waals surface area contributed by atoms with Crippen molar-refractivity contribution >= 4 is 18.0 Å². The molecule has 1 fully saturated rings. The van der Waals surface area contributed by atoms with Gasteiger partial charge in [0.05, 0.1) is 24.9 Å². The molecule has 1 saturated heterocycles. The number of rotatable bonds is 8. The summed E-state index contributed by atoms with van der Waals surface area (Å²) in [5.74, 6) is -3.56. The number of carbonyl (C=O) groups excluding carboxylic acids is 3. The van der Waals surface area contributed by atoms with E-state index in [-0.39, 0.29) is 25.2 Å². The second kappa shape index (κ2) is 14.3. The summed E-state index contributed by atoms with van der Waals surface area (Å²) in [4.78, 5) is 40.8. The first-order chi connectivity index (χ1) is 23.4. The molecule has 0 unspecified atom stereocenters. The van der Waals surface area contributed by atoms with Crippen LogP contribution >= 0.6 is 0 Å². The number of amides is 2. The molecule has 2 amide bonds. The van der Waals surface area contributed by atoms with Gasteiger partial charge in [0, 0.05) is 43.8 Å². The lowest BCUT2D eigenvalue weighted by Crippen LogP contribution is -2.49. The van der Waals surface area contributed by atoms with Gasteiger partial charge in [-0.3, -0.25) is 9.69 Å². The first-order valence-electron chi connectivity index (χ1n) is 15.8. The summed E-state index contributed by atoms with van der Waals surface area (Å²) in [6.45, 7) is 8.05. The molecular formula is C34H36F6N4O6. The molecule has 1 aromatic heterocycles. The van der Waals surface area contributed by atoms with Gasteiger partial charge in [0.15, 0.2) is 0 Å². The summed E-state index contributed by atoms with van der Waals surface area (Å²) in [7, 11) is 0. The Hall–Kier alpha value is -4.57. The van der Waals surface area contributed by atoms with Crippen LogP contribution in [0.3, 0.4) is 0 Å². The quantitative estimate of drug-likeness (QED) is 0.161. The summed E-state index contributed by atoms with van der Waals surface area (Å²) in [5.41, 5.74) is 2.02. The maximum absolute atomic E-state index is 13.3. The molecular weight excluding hydrogens is 674 g/mol. The molecule has 2 aliphatic rings. The van der Waals surface area contributed by atoms with Crippen LogP contribution in [0.5, 0.6) is 5.75 Å². The van der Waals surface area contributed by atoms with E-state index < -0.39 is 47.8 Å². The van der Waals surface area contributed by atoms with Crippen LogP contribution in [0.4, 0.5) is 31.1 Å². The van der Waals surface area contributed by atoms with Crippen molar-refractivity contribution in [3.05, 3.63) is 65.9 Å². The molecule has 0 radical (unpaired) electrons. The Bertz CT molecular complexity index is 1710. The standard InChI is InChI=1S/C34H36F6N4O6/c1-32(2,3)43(31(47)49-30(46)33(35,36)37)12-11-24-19-41-29(45)27-18-26(23-5-4-6-25(17-23)50-34(38,39)40)28(44(24)27)22-9-7-21(8-10-22)20-42-13-15-48-16-14-42/h4-10,17-18,24H,11-16,19-20H2,1-3H3,(H,41,45)/t24-/m0/s1. The maximum atomic E-state index is 13.3. The van der Waals surface area contributed by atoms with Crippen LogP contribution in [0.2, 0.25) is 0 Å². The van der Waals surface area contributed by atoms with E-state index in [1.165, 1.54) is 12.1 Å². The van der Waals surface area contributed by atoms with E-state index in [1.807, 2.05) is 24.3 Å². The fraction of sp³-hybridized carbons (Fsp3) is 0.441. The number of esters is 1. The molecule has 2 aromatic carbocycles. The number of hydrogen-bond donors (Lipinski definition) is 1. The van der Waals surface area contributed by atoms with Crippen molar-refractivity contribution in [2.75, 3.05) is 39.4 Å². The van der Waals surface area contributed by atoms with Gasteiger partial charge in [0.1, 0.15) is 11.4 Å². The Balaban J connectivity index is 1.54. The van der Waals surface area contributed by atoms with Crippen LogP contribution in [-0.2, 0) is 20.8 Å². The molecule has 3 heterocycles. The van der Waals surface area contributed by atoms with Crippen molar-refractivity contribution in [3.63, 3.8) is 0 Å². The first kappa shape index (κ1) is 36.7. The van der Waals surface area contributed by atoms with Crippen LogP contribution in [0.25, 0.3) is 22.4 Å². The van der Waals surface area contributed by atoms with Gasteiger partial charge in [-0.25, -0.2) is 9.59 Å². The number of alkyl halides is 6. The molecule has 270 valence electrons. The van der Waals surface area contributed by atoms with Gasteiger partial charge in [0.2, 0.25) is 0 Å². The second-order valence-corrected chi connectivity index (χ2v) is 13.0. The van der Waals surface area contributed by atoms with Crippen molar-refractivity contribution in [3.8, 4) is 28.1 Å². The summed E-state index contributed by atoms with van der Waals surface area (Å²) < 4.78 is 93.5. The molecule has 2 aliphatic heterocycles. The van der Waals surface area contributed by atoms with Crippen LogP contribution < -0.4 is 10.1 Å². The first-order valence-corrected chi connectivity index (χ1v) is 15.8. The van der Waals surface area contributed by atoms with Gasteiger partial charge in [-0.2, -0.15) is 13.2 Å². The summed E-state index contributed by atoms with van der Waals surface area (Å²) in [6.07, 6.45) is -11.7. The van der Waals surface area contributed by atoms with Crippen molar-refractivity contribution in [2.45, 2.75) is 57.9 Å². The van der Waals surface area contributed by atoms with Gasteiger partial charge < -0.3 is 29.0 Å². The van der Waals surface area contributed by atoms with Gasteiger partial charge in [-0.05, 0) is 62.1 Å². The lowest BCUT2D eigenvalue weighted by molar-refractivity contribution is -0.274. The minimum Gasteiger partial charge on any atom is -0.406 e. The van der Waals surface area contributed by atoms with Crippen LogP contribution in [0.1, 0.15) is 49.3 Å². The van der Waals surface area contributed by atoms with E-state index in [9.17, 15) is 40.7 Å². The predicted octanol–water partition coefficient (Wildman–Crippen LogP) is 6.55. The maximum Gasteiger partial charge on any atom is 0.573 e. The van der Waals surface area contributed by atoms with Crippen molar-refractivity contribution in [1.29, 1.82) is 0 Å². The zero-order valence-corrected chi connectivity index (χ0v) is 27.5. The number of nitrogens with one attached hydrogen (secondary N) is 1. The highest BCUT2D eigenvalue weighted by Gasteiger charge is 2.44. The topological polar surface area (TPSA) is 102 Å². The fourth-order valence-corrected chi connectivity index (χ4v) is 6.03. The Morgan fingerprint density at radius 1 is 0.960 bits per heavy atom. The average molecular weight is 711 g/mol. The molecule has 0 spiro atoms. The van der Waals surface area contributed by atoms with Crippen molar-refractivity contribution in [1.82, 2.24) is 19.7 Å². The number of fused-ring (bicyclic) bond motifs is 1. The molecule has 1 atom stereocenters. The molecule has 0 saturated carbocycles. The van der Waals surface area contributed by atoms with Crippen molar-refractivity contribution in [2.24, 2.45) is 0 Å². The number of morpholine rings is 1. The van der Waals surface area contributed by atoms with E-state index in [1.54, 1.807) is 37.5 Å². The van der Waals surface area contributed by atoms with Gasteiger partial charge in [0.25, 0.3) is 5.91 Å². The number of hydrogen-bond acceptors (Lipinski definition) is 7. The molecule has 0 bridgehead atoms. The van der Waals surface area contributed by atoms with E-state index >= 15 is 0 Å². The van der Waals surface area contributed by atoms with E-state index in [0.717, 1.165) is 29.6 Å². The summed E-state index contributed by atoms with van der Waals surface area (Å²) in [6, 6.07) is 13.9. The highest BCUT2D eigenvalue weighted by molar-refractivity contribution is 5.98. The van der Waals surface area contributed by atoms with E-state index in [4.69, 9.17) is 4.74 Å². The third-order valence-electron chi connectivity index (χ3n) is 8.38. The zero-order chi connectivity index (χ0) is 36.4. The largest absolute Gasteiger partial charge is 0.573 e. The molecule has 10 nitrogen and oxygen atoms in total. The lowest BCUT2D eigenvalue weighted by Gasteiger charge is -2.36. The van der Waals surface area contributed by atoms with E-state index in [0.29, 0.717) is 42.1 Å². The average Bonchev–Trinajstić information content (AvgIpc) is 3.43. The molecule has 5 rings (SSSR count). The Morgan fingerprint density at radius 3 is 2.26 bits per heavy atom. The normalized spacial score (nSPS) is 17.1. The summed E-state index contributed by atoms with van der Waals surface area (Å²) in [5, 5.41) is 2.79. The van der Waals surface area contributed by atoms with Crippen LogP contribution in [-0.4, -0.2) is 89.8 Å². The third kappa shape index (κ3) is 8.77. The molecule has 0 aliphatic carbocycles. The van der Waals surface area contributed by atoms with E-state index in [2.05, 4.69) is 19.7 Å². The molecule has 50 heavy (non-hydrogen) atoms. The van der Waals surface area contributed by atoms with Crippen LogP contribution in [0, 0.1) is 0 Å². The Labute approximate surface area is 283 Å². The number of ether oxygens (including phenoxy) is 3. The number of aromatic nitrogens is 1. The third-order valence-corrected chi connectivity index (χ3v) is 8.38. The van der Waals surface area contributed by atoms with Crippen LogP contribution in [0.15, 0.2) is 54.6 Å². The van der Waals surface area contributed by atoms with Gasteiger partial charge in [-0.1, -0.05) is 36.4 Å². The lowest BCUT2D eigenvalue weighted by atomic mass is 9.99.